The first-order valence-corrected chi connectivity index (χ1v) is 10.0. The molecule has 1 aliphatic rings. The van der Waals surface area contributed by atoms with Crippen LogP contribution in [0.3, 0.4) is 0 Å². The lowest BCUT2D eigenvalue weighted by molar-refractivity contribution is 0.0614. The minimum absolute atomic E-state index is 0.109. The van der Waals surface area contributed by atoms with Gasteiger partial charge in [0.05, 0.1) is 12.7 Å². The van der Waals surface area contributed by atoms with Crippen LogP contribution >= 0.6 is 0 Å². The molecule has 0 aliphatic heterocycles. The van der Waals surface area contributed by atoms with Crippen molar-refractivity contribution in [1.29, 1.82) is 0 Å². The van der Waals surface area contributed by atoms with E-state index in [-0.39, 0.29) is 5.91 Å². The van der Waals surface area contributed by atoms with E-state index in [4.69, 9.17) is 0 Å². The van der Waals surface area contributed by atoms with E-state index in [0.29, 0.717) is 19.1 Å². The molecule has 6 heteroatoms. The number of aromatic nitrogens is 4. The predicted octanol–water partition coefficient (Wildman–Crippen LogP) is 3.64. The zero-order valence-corrected chi connectivity index (χ0v) is 16.4. The van der Waals surface area contributed by atoms with Crippen LogP contribution in [0.4, 0.5) is 0 Å². The van der Waals surface area contributed by atoms with E-state index in [1.807, 2.05) is 60.7 Å². The third-order valence-electron chi connectivity index (χ3n) is 5.47. The maximum Gasteiger partial charge on any atom is 0.254 e. The summed E-state index contributed by atoms with van der Waals surface area (Å²) in [6.07, 6.45) is 13.4. The lowest BCUT2D eigenvalue weighted by Gasteiger charge is -2.34. The summed E-state index contributed by atoms with van der Waals surface area (Å²) in [7, 11) is 1.91. The van der Waals surface area contributed by atoms with E-state index in [0.717, 1.165) is 29.5 Å². The molecule has 1 fully saturated rings. The molecule has 0 atom stereocenters. The van der Waals surface area contributed by atoms with Crippen molar-refractivity contribution in [3.05, 3.63) is 71.8 Å². The summed E-state index contributed by atoms with van der Waals surface area (Å²) >= 11 is 0. The summed E-state index contributed by atoms with van der Waals surface area (Å²) in [5.74, 6) is 0.109. The van der Waals surface area contributed by atoms with Gasteiger partial charge in [0.25, 0.3) is 5.91 Å². The first-order chi connectivity index (χ1) is 13.7. The van der Waals surface area contributed by atoms with Gasteiger partial charge in [0.1, 0.15) is 0 Å². The summed E-state index contributed by atoms with van der Waals surface area (Å²) in [6, 6.07) is 10.2. The highest BCUT2D eigenvalue weighted by Crippen LogP contribution is 2.26. The van der Waals surface area contributed by atoms with Gasteiger partial charge in [-0.2, -0.15) is 10.2 Å². The molecule has 6 nitrogen and oxygen atoms in total. The Balaban J connectivity index is 1.57. The normalized spacial score (nSPS) is 14.9. The number of amides is 1. The van der Waals surface area contributed by atoms with Crippen LogP contribution < -0.4 is 0 Å². The van der Waals surface area contributed by atoms with Crippen molar-refractivity contribution in [3.8, 4) is 0 Å². The average molecular weight is 377 g/mol. The molecule has 2 aromatic heterocycles. The fraction of sp³-hybridized carbons (Fsp3) is 0.409. The molecule has 146 valence electrons. The Kier molecular flexibility index (Phi) is 5.55. The fourth-order valence-electron chi connectivity index (χ4n) is 4.06. The zero-order chi connectivity index (χ0) is 19.3. The molecule has 1 aliphatic carbocycles. The number of hydrogen-bond acceptors (Lipinski definition) is 3. The zero-order valence-electron chi connectivity index (χ0n) is 16.4. The maximum absolute atomic E-state index is 13.5. The SMILES string of the molecule is Cn1cc(CN(C(=O)c2cccc(Cn3cccn3)c2)C2CCCCC2)cn1. The minimum Gasteiger partial charge on any atom is -0.331 e. The van der Waals surface area contributed by atoms with Crippen LogP contribution in [0.1, 0.15) is 53.6 Å². The van der Waals surface area contributed by atoms with E-state index >= 15 is 0 Å². The second-order valence-electron chi connectivity index (χ2n) is 7.65. The lowest BCUT2D eigenvalue weighted by atomic mass is 9.93. The van der Waals surface area contributed by atoms with Crippen LogP contribution in [0, 0.1) is 0 Å². The van der Waals surface area contributed by atoms with E-state index < -0.39 is 0 Å². The third-order valence-corrected chi connectivity index (χ3v) is 5.47. The maximum atomic E-state index is 13.5. The molecule has 1 amide bonds. The van der Waals surface area contributed by atoms with Crippen molar-refractivity contribution >= 4 is 5.91 Å². The third kappa shape index (κ3) is 4.32. The molecule has 2 heterocycles. The van der Waals surface area contributed by atoms with Gasteiger partial charge >= 0.3 is 0 Å². The monoisotopic (exact) mass is 377 g/mol. The minimum atomic E-state index is 0.109. The van der Waals surface area contributed by atoms with Gasteiger partial charge in [0.2, 0.25) is 0 Å². The number of benzene rings is 1. The first kappa shape index (κ1) is 18.5. The van der Waals surface area contributed by atoms with Crippen LogP contribution in [0.5, 0.6) is 0 Å². The second-order valence-corrected chi connectivity index (χ2v) is 7.65. The Hall–Kier alpha value is -2.89. The predicted molar refractivity (Wildman–Crippen MR) is 108 cm³/mol. The van der Waals surface area contributed by atoms with E-state index in [2.05, 4.69) is 15.1 Å². The van der Waals surface area contributed by atoms with Gasteiger partial charge in [-0.3, -0.25) is 14.2 Å². The smallest absolute Gasteiger partial charge is 0.254 e. The van der Waals surface area contributed by atoms with Crippen molar-refractivity contribution in [2.24, 2.45) is 7.05 Å². The summed E-state index contributed by atoms with van der Waals surface area (Å²) in [4.78, 5) is 15.5. The highest BCUT2D eigenvalue weighted by atomic mass is 16.2. The summed E-state index contributed by atoms with van der Waals surface area (Å²) in [6.45, 7) is 1.28. The van der Waals surface area contributed by atoms with E-state index in [1.165, 1.54) is 19.3 Å². The molecule has 1 aromatic carbocycles. The lowest BCUT2D eigenvalue weighted by Crippen LogP contribution is -2.41. The number of carbonyl (C=O) groups is 1. The second kappa shape index (κ2) is 8.42. The van der Waals surface area contributed by atoms with Gasteiger partial charge in [0.15, 0.2) is 0 Å². The van der Waals surface area contributed by atoms with E-state index in [1.54, 1.807) is 10.9 Å². The number of aryl methyl sites for hydroxylation is 1. The van der Waals surface area contributed by atoms with Crippen LogP contribution in [-0.2, 0) is 20.1 Å². The first-order valence-electron chi connectivity index (χ1n) is 10.0. The summed E-state index contributed by atoms with van der Waals surface area (Å²) < 4.78 is 3.67. The van der Waals surface area contributed by atoms with Crippen molar-refractivity contribution < 1.29 is 4.79 Å². The summed E-state index contributed by atoms with van der Waals surface area (Å²) in [5.41, 5.74) is 2.91. The van der Waals surface area contributed by atoms with Crippen LogP contribution in [0.25, 0.3) is 0 Å². The molecule has 0 saturated heterocycles. The number of rotatable bonds is 6. The molecule has 0 bridgehead atoms. The molecule has 28 heavy (non-hydrogen) atoms. The van der Waals surface area contributed by atoms with Gasteiger partial charge in [0, 0.05) is 49.4 Å². The highest BCUT2D eigenvalue weighted by molar-refractivity contribution is 5.94. The van der Waals surface area contributed by atoms with Gasteiger partial charge in [-0.15, -0.1) is 0 Å². The molecular weight excluding hydrogens is 350 g/mol. The van der Waals surface area contributed by atoms with Crippen LogP contribution in [-0.4, -0.2) is 36.4 Å². The molecule has 1 saturated carbocycles. The topological polar surface area (TPSA) is 56.0 Å². The Morgan fingerprint density at radius 3 is 2.71 bits per heavy atom. The fourth-order valence-corrected chi connectivity index (χ4v) is 4.06. The number of nitrogens with zero attached hydrogens (tertiary/aromatic N) is 5. The molecule has 0 unspecified atom stereocenters. The van der Waals surface area contributed by atoms with Crippen LogP contribution in [0.15, 0.2) is 55.1 Å². The Labute approximate surface area is 165 Å². The summed E-state index contributed by atoms with van der Waals surface area (Å²) in [5, 5.41) is 8.54. The average Bonchev–Trinajstić information content (AvgIpc) is 3.38. The molecule has 0 radical (unpaired) electrons. The number of carbonyl (C=O) groups excluding carboxylic acids is 1. The van der Waals surface area contributed by atoms with Crippen molar-refractivity contribution in [2.75, 3.05) is 0 Å². The Morgan fingerprint density at radius 2 is 2.00 bits per heavy atom. The van der Waals surface area contributed by atoms with Gasteiger partial charge < -0.3 is 4.90 Å². The Morgan fingerprint density at radius 1 is 1.14 bits per heavy atom. The Bertz CT molecular complexity index is 909. The van der Waals surface area contributed by atoms with Gasteiger partial charge in [-0.05, 0) is 36.6 Å². The standard InChI is InChI=1S/C22H27N5O/c1-25-15-19(14-24-25)17-27(21-9-3-2-4-10-21)22(28)20-8-5-7-18(13-20)16-26-12-6-11-23-26/h5-8,11-15,21H,2-4,9-10,16-17H2,1H3. The largest absolute Gasteiger partial charge is 0.331 e. The molecular formula is C22H27N5O. The number of hydrogen-bond donors (Lipinski definition) is 0. The molecule has 0 spiro atoms. The molecule has 3 aromatic rings. The molecule has 0 N–H and O–H groups in total. The van der Waals surface area contributed by atoms with Crippen molar-refractivity contribution in [2.45, 2.75) is 51.2 Å². The van der Waals surface area contributed by atoms with Crippen molar-refractivity contribution in [1.82, 2.24) is 24.5 Å². The van der Waals surface area contributed by atoms with Crippen LogP contribution in [0.2, 0.25) is 0 Å². The highest BCUT2D eigenvalue weighted by Gasteiger charge is 2.27. The van der Waals surface area contributed by atoms with Gasteiger partial charge in [-0.1, -0.05) is 31.4 Å². The van der Waals surface area contributed by atoms with Crippen molar-refractivity contribution in [3.63, 3.8) is 0 Å². The molecule has 4 rings (SSSR count). The van der Waals surface area contributed by atoms with Gasteiger partial charge in [-0.25, -0.2) is 0 Å². The van der Waals surface area contributed by atoms with E-state index in [9.17, 15) is 4.79 Å². The quantitative estimate of drug-likeness (QED) is 0.659.